The molecule has 6 rings (SSSR count). The molecule has 212 valence electrons. The SMILES string of the molecule is CC(C)S(=O)(=O)c1ccc2cc1CNC(=O)[C@H](Nc1ccc3c(N)nccc3c1)C1C=C=C(C=C1)CCCC(=O)N2. The second-order valence-electron chi connectivity index (χ2n) is 10.6. The third-order valence-corrected chi connectivity index (χ3v) is 9.59. The maximum atomic E-state index is 13.7. The Hall–Kier alpha value is -4.40. The number of nitrogens with two attached hydrogens (primary N) is 1. The van der Waals surface area contributed by atoms with Gasteiger partial charge in [0.05, 0.1) is 10.1 Å². The Morgan fingerprint density at radius 2 is 1.93 bits per heavy atom. The van der Waals surface area contributed by atoms with Crippen LogP contribution in [0, 0.1) is 5.92 Å². The summed E-state index contributed by atoms with van der Waals surface area (Å²) in [6.45, 7) is 3.19. The van der Waals surface area contributed by atoms with E-state index < -0.39 is 21.1 Å². The highest BCUT2D eigenvalue weighted by Crippen LogP contribution is 2.27. The molecule has 10 heteroatoms. The Balaban J connectivity index is 1.51. The van der Waals surface area contributed by atoms with Gasteiger partial charge < -0.3 is 21.7 Å². The molecule has 1 unspecified atom stereocenters. The van der Waals surface area contributed by atoms with Gasteiger partial charge in [-0.05, 0) is 91.8 Å². The molecule has 41 heavy (non-hydrogen) atoms. The van der Waals surface area contributed by atoms with Gasteiger partial charge in [0.15, 0.2) is 9.84 Å². The second kappa shape index (κ2) is 11.6. The largest absolute Gasteiger partial charge is 0.383 e. The number of hydrogen-bond donors (Lipinski definition) is 4. The topological polar surface area (TPSA) is 143 Å². The zero-order valence-electron chi connectivity index (χ0n) is 23.0. The van der Waals surface area contributed by atoms with Gasteiger partial charge in [-0.2, -0.15) is 0 Å². The van der Waals surface area contributed by atoms with Crippen molar-refractivity contribution >= 4 is 49.6 Å². The fraction of sp³-hybridized carbons (Fsp3) is 0.290. The van der Waals surface area contributed by atoms with Crippen LogP contribution in [0.3, 0.4) is 0 Å². The van der Waals surface area contributed by atoms with Crippen molar-refractivity contribution in [3.8, 4) is 0 Å². The normalized spacial score (nSPS) is 19.6. The van der Waals surface area contributed by atoms with E-state index >= 15 is 0 Å². The van der Waals surface area contributed by atoms with Crippen LogP contribution in [0.5, 0.6) is 0 Å². The van der Waals surface area contributed by atoms with Gasteiger partial charge in [-0.25, -0.2) is 13.4 Å². The van der Waals surface area contributed by atoms with Crippen LogP contribution >= 0.6 is 0 Å². The van der Waals surface area contributed by atoms with Crippen LogP contribution in [0.25, 0.3) is 10.8 Å². The van der Waals surface area contributed by atoms with Crippen LogP contribution in [0.4, 0.5) is 17.2 Å². The smallest absolute Gasteiger partial charge is 0.243 e. The number of aromatic nitrogens is 1. The minimum absolute atomic E-state index is 0.0385. The number of fused-ring (bicyclic) bond motifs is 8. The molecule has 2 amide bonds. The van der Waals surface area contributed by atoms with Crippen LogP contribution in [-0.2, 0) is 26.0 Å². The van der Waals surface area contributed by atoms with Crippen molar-refractivity contribution in [3.63, 3.8) is 0 Å². The van der Waals surface area contributed by atoms with Gasteiger partial charge >= 0.3 is 0 Å². The van der Waals surface area contributed by atoms with E-state index in [1.165, 1.54) is 6.07 Å². The summed E-state index contributed by atoms with van der Waals surface area (Å²) >= 11 is 0. The molecule has 1 aromatic heterocycles. The van der Waals surface area contributed by atoms with Crippen LogP contribution < -0.4 is 21.7 Å². The third kappa shape index (κ3) is 6.19. The average molecular weight is 572 g/mol. The number of nitrogens with one attached hydrogen (secondary N) is 3. The van der Waals surface area contributed by atoms with Gasteiger partial charge in [0.1, 0.15) is 11.9 Å². The number of hydrogen-bond acceptors (Lipinski definition) is 7. The van der Waals surface area contributed by atoms with Gasteiger partial charge in [-0.1, -0.05) is 12.2 Å². The number of rotatable bonds is 4. The van der Waals surface area contributed by atoms with E-state index in [-0.39, 0.29) is 29.2 Å². The molecule has 2 atom stereocenters. The molecule has 0 saturated carbocycles. The first-order valence-corrected chi connectivity index (χ1v) is 15.2. The Labute approximate surface area is 239 Å². The third-order valence-electron chi connectivity index (χ3n) is 7.34. The molecule has 0 radical (unpaired) electrons. The van der Waals surface area contributed by atoms with Crippen molar-refractivity contribution in [3.05, 3.63) is 83.8 Å². The summed E-state index contributed by atoms with van der Waals surface area (Å²) in [4.78, 5) is 30.6. The number of nitrogens with zero attached hydrogens (tertiary/aromatic N) is 1. The highest BCUT2D eigenvalue weighted by atomic mass is 32.2. The minimum atomic E-state index is -3.64. The highest BCUT2D eigenvalue weighted by molar-refractivity contribution is 7.92. The molecule has 3 aliphatic rings. The fourth-order valence-corrected chi connectivity index (χ4v) is 6.25. The number of allylic oxidation sites excluding steroid dienone is 1. The van der Waals surface area contributed by atoms with Crippen LogP contribution in [0.2, 0.25) is 0 Å². The summed E-state index contributed by atoms with van der Waals surface area (Å²) in [5.41, 5.74) is 11.9. The van der Waals surface area contributed by atoms with Gasteiger partial charge in [-0.3, -0.25) is 9.59 Å². The number of benzene rings is 2. The molecule has 2 aromatic carbocycles. The van der Waals surface area contributed by atoms with Crippen molar-refractivity contribution in [1.29, 1.82) is 0 Å². The van der Waals surface area contributed by atoms with E-state index in [0.29, 0.717) is 36.3 Å². The molecule has 4 bridgehead atoms. The minimum Gasteiger partial charge on any atom is -0.383 e. The lowest BCUT2D eigenvalue weighted by Gasteiger charge is -2.25. The fourth-order valence-electron chi connectivity index (χ4n) is 4.99. The molecule has 0 saturated heterocycles. The standard InChI is InChI=1S/C31H33N5O4S/c1-19(2)41(39,40)27-13-11-24-17-23(27)18-34-31(38)29(21-8-6-20(7-9-21)4-3-5-28(37)35-24)36-25-10-12-26-22(16-25)14-15-33-30(26)32/h6,8-17,19,21,29,36H,3-5,18H2,1-2H3,(H2,32,33)(H,34,38)(H,35,37)/t21?,29-/m1/s1. The Morgan fingerprint density at radius 1 is 1.10 bits per heavy atom. The highest BCUT2D eigenvalue weighted by Gasteiger charge is 2.28. The van der Waals surface area contributed by atoms with Gasteiger partial charge in [0, 0.05) is 41.8 Å². The number of amides is 2. The van der Waals surface area contributed by atoms with Crippen LogP contribution in [0.15, 0.2) is 83.1 Å². The average Bonchev–Trinajstić information content (AvgIpc) is 2.94. The van der Waals surface area contributed by atoms with Crippen molar-refractivity contribution in [1.82, 2.24) is 10.3 Å². The number of nitrogen functional groups attached to an aromatic ring is 1. The number of carbonyl (C=O) groups is 2. The summed E-state index contributed by atoms with van der Waals surface area (Å²) in [6.07, 6.45) is 8.99. The molecule has 3 aromatic rings. The molecular formula is C31H33N5O4S. The van der Waals surface area contributed by atoms with E-state index in [1.54, 1.807) is 32.2 Å². The molecule has 2 aliphatic heterocycles. The molecule has 5 N–H and O–H groups in total. The number of pyridine rings is 1. The van der Waals surface area contributed by atoms with Crippen molar-refractivity contribution in [2.45, 2.75) is 55.8 Å². The van der Waals surface area contributed by atoms with Crippen molar-refractivity contribution in [2.24, 2.45) is 5.92 Å². The Morgan fingerprint density at radius 3 is 2.68 bits per heavy atom. The molecule has 0 spiro atoms. The summed E-state index contributed by atoms with van der Waals surface area (Å²) in [7, 11) is -3.64. The Kier molecular flexibility index (Phi) is 7.97. The predicted octanol–water partition coefficient (Wildman–Crippen LogP) is 4.49. The first-order chi connectivity index (χ1) is 19.6. The summed E-state index contributed by atoms with van der Waals surface area (Å²) in [5.74, 6) is -0.368. The lowest BCUT2D eigenvalue weighted by atomic mass is 9.92. The van der Waals surface area contributed by atoms with Crippen LogP contribution in [0.1, 0.15) is 38.7 Å². The maximum absolute atomic E-state index is 13.7. The monoisotopic (exact) mass is 571 g/mol. The van der Waals surface area contributed by atoms with Crippen molar-refractivity contribution < 1.29 is 18.0 Å². The zero-order chi connectivity index (χ0) is 29.1. The van der Waals surface area contributed by atoms with Gasteiger partial charge in [0.25, 0.3) is 0 Å². The summed E-state index contributed by atoms with van der Waals surface area (Å²) in [6, 6.07) is 11.5. The van der Waals surface area contributed by atoms with Crippen molar-refractivity contribution in [2.75, 3.05) is 16.4 Å². The first-order valence-electron chi connectivity index (χ1n) is 13.6. The lowest BCUT2D eigenvalue weighted by Crippen LogP contribution is -2.43. The molecule has 9 nitrogen and oxygen atoms in total. The van der Waals surface area contributed by atoms with E-state index in [0.717, 1.165) is 22.0 Å². The van der Waals surface area contributed by atoms with Gasteiger partial charge in [0.2, 0.25) is 11.8 Å². The first kappa shape index (κ1) is 28.1. The van der Waals surface area contributed by atoms with E-state index in [1.807, 2.05) is 42.5 Å². The number of carbonyl (C=O) groups excluding carboxylic acids is 2. The maximum Gasteiger partial charge on any atom is 0.243 e. The molecule has 3 heterocycles. The summed E-state index contributed by atoms with van der Waals surface area (Å²) in [5, 5.41) is 10.2. The second-order valence-corrected chi connectivity index (χ2v) is 13.0. The molecule has 0 fully saturated rings. The molecule has 1 aliphatic carbocycles. The summed E-state index contributed by atoms with van der Waals surface area (Å²) < 4.78 is 26.3. The zero-order valence-corrected chi connectivity index (χ0v) is 23.8. The molecular weight excluding hydrogens is 538 g/mol. The quantitative estimate of drug-likeness (QED) is 0.338. The number of anilines is 3. The lowest BCUT2D eigenvalue weighted by molar-refractivity contribution is -0.122. The predicted molar refractivity (Wildman–Crippen MR) is 161 cm³/mol. The number of sulfone groups is 1. The van der Waals surface area contributed by atoms with E-state index in [9.17, 15) is 18.0 Å². The van der Waals surface area contributed by atoms with Gasteiger partial charge in [-0.15, -0.1) is 5.73 Å². The van der Waals surface area contributed by atoms with E-state index in [4.69, 9.17) is 5.73 Å². The van der Waals surface area contributed by atoms with Crippen LogP contribution in [-0.4, -0.2) is 36.5 Å². The van der Waals surface area contributed by atoms with E-state index in [2.05, 4.69) is 26.7 Å². The Bertz CT molecular complexity index is 1720.